The van der Waals surface area contributed by atoms with Gasteiger partial charge in [0.05, 0.1) is 0 Å². The highest BCUT2D eigenvalue weighted by Gasteiger charge is 2.19. The van der Waals surface area contributed by atoms with Crippen LogP contribution in [0.5, 0.6) is 0 Å². The molecule has 32 heavy (non-hydrogen) atoms. The Morgan fingerprint density at radius 2 is 1.12 bits per heavy atom. The second-order valence-corrected chi connectivity index (χ2v) is 9.83. The van der Waals surface area contributed by atoms with Crippen LogP contribution >= 0.6 is 11.3 Å². The van der Waals surface area contributed by atoms with Crippen molar-refractivity contribution in [3.8, 4) is 0 Å². The van der Waals surface area contributed by atoms with Crippen molar-refractivity contribution in [3.63, 3.8) is 0 Å². The van der Waals surface area contributed by atoms with E-state index in [1.165, 1.54) is 75.2 Å². The van der Waals surface area contributed by atoms with Gasteiger partial charge in [0.2, 0.25) is 0 Å². The molecule has 0 unspecified atom stereocenters. The molecule has 0 amide bonds. The van der Waals surface area contributed by atoms with Gasteiger partial charge < -0.3 is 0 Å². The maximum absolute atomic E-state index is 2.46. The smallest absolute Gasteiger partial charge is 0.0446 e. The number of fused-ring (bicyclic) bond motifs is 13. The van der Waals surface area contributed by atoms with Gasteiger partial charge in [-0.2, -0.15) is 0 Å². The molecule has 1 aromatic heterocycles. The predicted octanol–water partition coefficient (Wildman–Crippen LogP) is 9.62. The third-order valence-electron chi connectivity index (χ3n) is 6.92. The zero-order chi connectivity index (χ0) is 21.2. The monoisotopic (exact) mass is 426 g/mol. The molecule has 0 atom stereocenters. The molecule has 6 aromatic carbocycles. The SMILES string of the molecule is CCCc1ccc2c(c1)c1c3ccccc3sc1c1c3ccccc3c3ccccc3c21. The second-order valence-electron chi connectivity index (χ2n) is 8.77. The quantitative estimate of drug-likeness (QED) is 0.241. The van der Waals surface area contributed by atoms with Gasteiger partial charge in [-0.3, -0.25) is 0 Å². The molecule has 0 spiro atoms. The van der Waals surface area contributed by atoms with E-state index in [1.807, 2.05) is 11.3 Å². The molecule has 0 nitrogen and oxygen atoms in total. The molecule has 0 saturated carbocycles. The van der Waals surface area contributed by atoms with Gasteiger partial charge in [-0.05, 0) is 55.8 Å². The molecule has 152 valence electrons. The van der Waals surface area contributed by atoms with E-state index in [0.717, 1.165) is 6.42 Å². The van der Waals surface area contributed by atoms with Crippen molar-refractivity contribution < 1.29 is 0 Å². The molecule has 7 aromatic rings. The van der Waals surface area contributed by atoms with Gasteiger partial charge in [0.1, 0.15) is 0 Å². The maximum Gasteiger partial charge on any atom is 0.0446 e. The summed E-state index contributed by atoms with van der Waals surface area (Å²) in [4.78, 5) is 0. The Morgan fingerprint density at radius 1 is 0.531 bits per heavy atom. The molecule has 0 aliphatic rings. The van der Waals surface area contributed by atoms with E-state index >= 15 is 0 Å². The molecule has 0 fully saturated rings. The third kappa shape index (κ3) is 2.37. The Bertz CT molecular complexity index is 1830. The van der Waals surface area contributed by atoms with Crippen LogP contribution in [-0.2, 0) is 6.42 Å². The van der Waals surface area contributed by atoms with E-state index in [0.29, 0.717) is 0 Å². The first-order chi connectivity index (χ1) is 15.8. The zero-order valence-electron chi connectivity index (χ0n) is 18.0. The first-order valence-corrected chi connectivity index (χ1v) is 12.3. The average Bonchev–Trinajstić information content (AvgIpc) is 3.24. The number of thiophene rings is 1. The number of benzene rings is 6. The Kier molecular flexibility index (Phi) is 3.86. The van der Waals surface area contributed by atoms with E-state index < -0.39 is 0 Å². The van der Waals surface area contributed by atoms with Crippen molar-refractivity contribution in [2.75, 3.05) is 0 Å². The van der Waals surface area contributed by atoms with Crippen molar-refractivity contribution in [1.29, 1.82) is 0 Å². The minimum absolute atomic E-state index is 1.12. The summed E-state index contributed by atoms with van der Waals surface area (Å²) in [6.07, 6.45) is 2.29. The average molecular weight is 427 g/mol. The highest BCUT2D eigenvalue weighted by molar-refractivity contribution is 7.27. The Labute approximate surface area is 190 Å². The summed E-state index contributed by atoms with van der Waals surface area (Å²) >= 11 is 1.95. The van der Waals surface area contributed by atoms with E-state index in [4.69, 9.17) is 0 Å². The van der Waals surface area contributed by atoms with Gasteiger partial charge in [-0.25, -0.2) is 0 Å². The van der Waals surface area contributed by atoms with Gasteiger partial charge in [-0.1, -0.05) is 98.3 Å². The lowest BCUT2D eigenvalue weighted by atomic mass is 9.88. The molecule has 1 heterocycles. The van der Waals surface area contributed by atoms with Crippen molar-refractivity contribution >= 4 is 74.6 Å². The van der Waals surface area contributed by atoms with E-state index in [9.17, 15) is 0 Å². The second kappa shape index (κ2) is 6.79. The number of aryl methyl sites for hydroxylation is 1. The summed E-state index contributed by atoms with van der Waals surface area (Å²) in [5, 5.41) is 13.8. The molecule has 0 radical (unpaired) electrons. The summed E-state index contributed by atoms with van der Waals surface area (Å²) in [6, 6.07) is 34.0. The minimum Gasteiger partial charge on any atom is -0.134 e. The van der Waals surface area contributed by atoms with Gasteiger partial charge >= 0.3 is 0 Å². The number of hydrogen-bond acceptors (Lipinski definition) is 1. The standard InChI is InChI=1S/C31H22S/c1-2-9-19-16-17-24-26(18-19)29-25-14-7-8-15-27(25)32-31(29)30-23-13-6-4-11-21(23)20-10-3-5-12-22(20)28(24)30/h3-8,10-18H,2,9H2,1H3. The van der Waals surface area contributed by atoms with Crippen molar-refractivity contribution in [1.82, 2.24) is 0 Å². The van der Waals surface area contributed by atoms with Crippen LogP contribution in [0, 0.1) is 0 Å². The topological polar surface area (TPSA) is 0 Å². The molecule has 0 aliphatic heterocycles. The van der Waals surface area contributed by atoms with Crippen LogP contribution in [0.15, 0.2) is 91.0 Å². The molecule has 7 rings (SSSR count). The van der Waals surface area contributed by atoms with Crippen LogP contribution in [0.25, 0.3) is 63.3 Å². The lowest BCUT2D eigenvalue weighted by Crippen LogP contribution is -1.88. The summed E-state index contributed by atoms with van der Waals surface area (Å²) in [5.74, 6) is 0. The van der Waals surface area contributed by atoms with Crippen molar-refractivity contribution in [2.45, 2.75) is 19.8 Å². The minimum atomic E-state index is 1.12. The van der Waals surface area contributed by atoms with Crippen molar-refractivity contribution in [3.05, 3.63) is 96.6 Å². The lowest BCUT2D eigenvalue weighted by Gasteiger charge is -2.15. The number of rotatable bonds is 2. The molecule has 0 N–H and O–H groups in total. The van der Waals surface area contributed by atoms with Gasteiger partial charge in [0.15, 0.2) is 0 Å². The molecule has 0 saturated heterocycles. The molecule has 0 aliphatic carbocycles. The Hall–Kier alpha value is -3.42. The van der Waals surface area contributed by atoms with E-state index in [-0.39, 0.29) is 0 Å². The number of hydrogen-bond donors (Lipinski definition) is 0. The zero-order valence-corrected chi connectivity index (χ0v) is 18.8. The molecule has 0 bridgehead atoms. The first kappa shape index (κ1) is 18.2. The van der Waals surface area contributed by atoms with Gasteiger partial charge in [0, 0.05) is 25.6 Å². The van der Waals surface area contributed by atoms with Crippen LogP contribution < -0.4 is 0 Å². The summed E-state index contributed by atoms with van der Waals surface area (Å²) < 4.78 is 2.79. The molecule has 1 heteroatoms. The highest BCUT2D eigenvalue weighted by atomic mass is 32.1. The molecular formula is C31H22S. The lowest BCUT2D eigenvalue weighted by molar-refractivity contribution is 0.924. The van der Waals surface area contributed by atoms with Gasteiger partial charge in [0.25, 0.3) is 0 Å². The maximum atomic E-state index is 2.46. The Morgan fingerprint density at radius 3 is 1.84 bits per heavy atom. The normalized spacial score (nSPS) is 12.2. The summed E-state index contributed by atoms with van der Waals surface area (Å²) in [6.45, 7) is 2.26. The van der Waals surface area contributed by atoms with E-state index in [1.54, 1.807) is 0 Å². The first-order valence-electron chi connectivity index (χ1n) is 11.4. The Balaban J connectivity index is 1.89. The van der Waals surface area contributed by atoms with Crippen LogP contribution in [0.2, 0.25) is 0 Å². The largest absolute Gasteiger partial charge is 0.134 e. The van der Waals surface area contributed by atoms with Crippen LogP contribution in [0.4, 0.5) is 0 Å². The molecular weight excluding hydrogens is 404 g/mol. The summed E-state index contributed by atoms with van der Waals surface area (Å²) in [5.41, 5.74) is 1.43. The van der Waals surface area contributed by atoms with Crippen LogP contribution in [0.3, 0.4) is 0 Å². The van der Waals surface area contributed by atoms with Gasteiger partial charge in [-0.15, -0.1) is 11.3 Å². The fraction of sp³-hybridized carbons (Fsp3) is 0.0968. The van der Waals surface area contributed by atoms with Crippen molar-refractivity contribution in [2.24, 2.45) is 0 Å². The van der Waals surface area contributed by atoms with E-state index in [2.05, 4.69) is 97.9 Å². The predicted molar refractivity (Wildman–Crippen MR) is 143 cm³/mol. The fourth-order valence-electron chi connectivity index (χ4n) is 5.61. The summed E-state index contributed by atoms with van der Waals surface area (Å²) in [7, 11) is 0. The van der Waals surface area contributed by atoms with Crippen LogP contribution in [-0.4, -0.2) is 0 Å². The highest BCUT2D eigenvalue weighted by Crippen LogP contribution is 2.48. The fourth-order valence-corrected chi connectivity index (χ4v) is 6.89. The van der Waals surface area contributed by atoms with Crippen LogP contribution in [0.1, 0.15) is 18.9 Å². The third-order valence-corrected chi connectivity index (χ3v) is 8.11.